The van der Waals surface area contributed by atoms with Crippen molar-refractivity contribution in [1.82, 2.24) is 14.7 Å². The minimum Gasteiger partial charge on any atom is -0.493 e. The van der Waals surface area contributed by atoms with Crippen LogP contribution in [-0.2, 0) is 6.42 Å². The zero-order chi connectivity index (χ0) is 21.2. The van der Waals surface area contributed by atoms with Crippen molar-refractivity contribution in [1.29, 1.82) is 0 Å². The molecule has 0 atom stereocenters. The van der Waals surface area contributed by atoms with Crippen LogP contribution in [0, 0.1) is 19.3 Å². The number of carbonyl (C=O) groups is 1. The van der Waals surface area contributed by atoms with Gasteiger partial charge in [0.05, 0.1) is 18.0 Å². The highest BCUT2D eigenvalue weighted by molar-refractivity contribution is 5.95. The van der Waals surface area contributed by atoms with Gasteiger partial charge in [-0.3, -0.25) is 4.79 Å². The number of carbonyl (C=O) groups excluding carboxylic acids is 1. The lowest BCUT2D eigenvalue weighted by Gasteiger charge is -2.59. The Bertz CT molecular complexity index is 1180. The lowest BCUT2D eigenvalue weighted by Crippen LogP contribution is -2.63. The predicted octanol–water partition coefficient (Wildman–Crippen LogP) is 4.44. The summed E-state index contributed by atoms with van der Waals surface area (Å²) in [6, 6.07) is 16.6. The van der Waals surface area contributed by atoms with Crippen LogP contribution in [0.2, 0.25) is 0 Å². The van der Waals surface area contributed by atoms with Crippen LogP contribution in [0.1, 0.15) is 51.6 Å². The maximum absolute atomic E-state index is 12.9. The lowest BCUT2D eigenvalue weighted by atomic mass is 9.57. The number of nitrogens with zero attached hydrogens (tertiary/aromatic N) is 3. The number of rotatable bonds is 3. The summed E-state index contributed by atoms with van der Waals surface area (Å²) in [4.78, 5) is 14.9. The van der Waals surface area contributed by atoms with E-state index in [9.17, 15) is 4.79 Å². The van der Waals surface area contributed by atoms with E-state index in [4.69, 9.17) is 9.84 Å². The van der Waals surface area contributed by atoms with Crippen LogP contribution in [-0.4, -0.2) is 40.3 Å². The van der Waals surface area contributed by atoms with Crippen LogP contribution in [0.3, 0.4) is 0 Å². The van der Waals surface area contributed by atoms with Gasteiger partial charge in [0, 0.05) is 42.1 Å². The van der Waals surface area contributed by atoms with Gasteiger partial charge in [-0.25, -0.2) is 4.68 Å². The van der Waals surface area contributed by atoms with Crippen molar-refractivity contribution in [3.8, 4) is 11.4 Å². The van der Waals surface area contributed by atoms with Crippen molar-refractivity contribution in [2.24, 2.45) is 5.41 Å². The van der Waals surface area contributed by atoms with E-state index in [1.54, 1.807) is 0 Å². The average Bonchev–Trinajstić information content (AvgIpc) is 3.32. The zero-order valence-corrected chi connectivity index (χ0v) is 18.1. The van der Waals surface area contributed by atoms with E-state index in [0.717, 1.165) is 61.7 Å². The fourth-order valence-electron chi connectivity index (χ4n) is 5.65. The molecule has 2 fully saturated rings. The molecule has 158 valence electrons. The first kappa shape index (κ1) is 18.7. The van der Waals surface area contributed by atoms with E-state index >= 15 is 0 Å². The summed E-state index contributed by atoms with van der Waals surface area (Å²) in [5.74, 6) is 1.52. The van der Waals surface area contributed by atoms with Gasteiger partial charge in [-0.2, -0.15) is 5.10 Å². The molecule has 1 spiro atoms. The van der Waals surface area contributed by atoms with Crippen molar-refractivity contribution >= 4 is 5.91 Å². The molecule has 6 rings (SSSR count). The minimum absolute atomic E-state index is 0.133. The predicted molar refractivity (Wildman–Crippen MR) is 119 cm³/mol. The number of amides is 1. The van der Waals surface area contributed by atoms with Gasteiger partial charge >= 0.3 is 0 Å². The van der Waals surface area contributed by atoms with Gasteiger partial charge in [-0.15, -0.1) is 0 Å². The van der Waals surface area contributed by atoms with E-state index in [0.29, 0.717) is 5.92 Å². The second kappa shape index (κ2) is 6.71. The summed E-state index contributed by atoms with van der Waals surface area (Å²) in [5, 5.41) is 4.79. The van der Waals surface area contributed by atoms with Crippen molar-refractivity contribution in [3.63, 3.8) is 0 Å². The Labute approximate surface area is 182 Å². The summed E-state index contributed by atoms with van der Waals surface area (Å²) in [6.45, 7) is 6.64. The number of aryl methyl sites for hydroxylation is 2. The van der Waals surface area contributed by atoms with E-state index in [-0.39, 0.29) is 11.3 Å². The van der Waals surface area contributed by atoms with Gasteiger partial charge in [-0.1, -0.05) is 24.3 Å². The Morgan fingerprint density at radius 3 is 2.71 bits per heavy atom. The quantitative estimate of drug-likeness (QED) is 0.638. The molecule has 1 saturated carbocycles. The van der Waals surface area contributed by atoms with Crippen LogP contribution in [0.5, 0.6) is 5.75 Å². The molecule has 5 nitrogen and oxygen atoms in total. The van der Waals surface area contributed by atoms with Crippen LogP contribution in [0.25, 0.3) is 5.69 Å². The molecule has 1 aromatic heterocycles. The number of fused-ring (bicyclic) bond motifs is 1. The van der Waals surface area contributed by atoms with Crippen molar-refractivity contribution in [2.75, 3.05) is 19.7 Å². The maximum Gasteiger partial charge on any atom is 0.254 e. The van der Waals surface area contributed by atoms with Crippen LogP contribution >= 0.6 is 0 Å². The summed E-state index contributed by atoms with van der Waals surface area (Å²) < 4.78 is 7.77. The molecule has 0 bridgehead atoms. The van der Waals surface area contributed by atoms with Gasteiger partial charge in [0.1, 0.15) is 5.75 Å². The molecule has 0 radical (unpaired) electrons. The first-order chi connectivity index (χ1) is 15.0. The van der Waals surface area contributed by atoms with Gasteiger partial charge in [0.2, 0.25) is 0 Å². The summed E-state index contributed by atoms with van der Waals surface area (Å²) in [7, 11) is 0. The highest BCUT2D eigenvalue weighted by Crippen LogP contribution is 2.56. The zero-order valence-electron chi connectivity index (χ0n) is 18.1. The summed E-state index contributed by atoms with van der Waals surface area (Å²) in [5.41, 5.74) is 7.00. The molecule has 3 aliphatic rings. The SMILES string of the molecule is Cc1cc(C2CC3(C2)CN(C(=O)c2ccc4c(c2)OCC4)C3)n(-c2ccccc2C)n1. The van der Waals surface area contributed by atoms with Crippen molar-refractivity contribution in [3.05, 3.63) is 76.6 Å². The van der Waals surface area contributed by atoms with Gasteiger partial charge in [-0.05, 0) is 62.1 Å². The van der Waals surface area contributed by atoms with E-state index in [1.165, 1.54) is 16.8 Å². The smallest absolute Gasteiger partial charge is 0.254 e. The fourth-order valence-corrected chi connectivity index (χ4v) is 5.65. The normalized spacial score (nSPS) is 19.0. The second-order valence-corrected chi connectivity index (χ2v) is 9.60. The topological polar surface area (TPSA) is 47.4 Å². The van der Waals surface area contributed by atoms with Crippen molar-refractivity contribution < 1.29 is 9.53 Å². The molecule has 1 aliphatic carbocycles. The third-order valence-electron chi connectivity index (χ3n) is 7.26. The Morgan fingerprint density at radius 1 is 1.10 bits per heavy atom. The molecule has 5 heteroatoms. The lowest BCUT2D eigenvalue weighted by molar-refractivity contribution is -0.0565. The average molecular weight is 414 g/mol. The van der Waals surface area contributed by atoms with Crippen LogP contribution < -0.4 is 4.74 Å². The van der Waals surface area contributed by atoms with Crippen LogP contribution in [0.15, 0.2) is 48.5 Å². The number of hydrogen-bond acceptors (Lipinski definition) is 3. The number of hydrogen-bond donors (Lipinski definition) is 0. The Balaban J connectivity index is 1.14. The highest BCUT2D eigenvalue weighted by atomic mass is 16.5. The van der Waals surface area contributed by atoms with Gasteiger partial charge in [0.15, 0.2) is 0 Å². The Kier molecular flexibility index (Phi) is 4.04. The summed E-state index contributed by atoms with van der Waals surface area (Å²) in [6.07, 6.45) is 3.19. The first-order valence-corrected chi connectivity index (χ1v) is 11.2. The standard InChI is InChI=1S/C26H27N3O2/c1-17-5-3-4-6-22(17)29-23(11-18(2)27-29)21-13-26(14-21)15-28(16-26)25(30)20-8-7-19-9-10-31-24(19)12-20/h3-8,11-12,21H,9-10,13-16H2,1-2H3. The second-order valence-electron chi connectivity index (χ2n) is 9.60. The molecule has 1 amide bonds. The van der Waals surface area contributed by atoms with Gasteiger partial charge < -0.3 is 9.64 Å². The maximum atomic E-state index is 12.9. The molecular weight excluding hydrogens is 386 g/mol. The Hall–Kier alpha value is -3.08. The third kappa shape index (κ3) is 2.98. The van der Waals surface area contributed by atoms with E-state index in [2.05, 4.69) is 48.9 Å². The molecule has 3 aromatic rings. The molecule has 2 aromatic carbocycles. The number of likely N-dealkylation sites (tertiary alicyclic amines) is 1. The Morgan fingerprint density at radius 2 is 1.90 bits per heavy atom. The largest absolute Gasteiger partial charge is 0.493 e. The number of aromatic nitrogens is 2. The number of para-hydroxylation sites is 1. The summed E-state index contributed by atoms with van der Waals surface area (Å²) >= 11 is 0. The van der Waals surface area contributed by atoms with Crippen molar-refractivity contribution in [2.45, 2.75) is 39.0 Å². The molecule has 0 N–H and O–H groups in total. The first-order valence-electron chi connectivity index (χ1n) is 11.2. The molecule has 2 aliphatic heterocycles. The minimum atomic E-state index is 0.133. The third-order valence-corrected chi connectivity index (χ3v) is 7.26. The monoisotopic (exact) mass is 413 g/mol. The molecule has 1 saturated heterocycles. The number of benzene rings is 2. The molecule has 31 heavy (non-hydrogen) atoms. The number of ether oxygens (including phenoxy) is 1. The van der Waals surface area contributed by atoms with E-state index in [1.807, 2.05) is 23.1 Å². The fraction of sp³-hybridized carbons (Fsp3) is 0.385. The molecular formula is C26H27N3O2. The van der Waals surface area contributed by atoms with E-state index < -0.39 is 0 Å². The van der Waals surface area contributed by atoms with Crippen LogP contribution in [0.4, 0.5) is 0 Å². The van der Waals surface area contributed by atoms with Gasteiger partial charge in [0.25, 0.3) is 5.91 Å². The molecule has 3 heterocycles. The molecule has 0 unspecified atom stereocenters. The highest BCUT2D eigenvalue weighted by Gasteiger charge is 2.54.